The van der Waals surface area contributed by atoms with Crippen LogP contribution in [-0.2, 0) is 4.79 Å². The summed E-state index contributed by atoms with van der Waals surface area (Å²) in [6.07, 6.45) is 8.19. The molecular weight excluding hydrogens is 314 g/mol. The summed E-state index contributed by atoms with van der Waals surface area (Å²) in [4.78, 5) is 16.9. The van der Waals surface area contributed by atoms with Crippen molar-refractivity contribution in [2.75, 3.05) is 20.8 Å². The van der Waals surface area contributed by atoms with E-state index in [9.17, 15) is 4.79 Å². The Morgan fingerprint density at radius 3 is 2.52 bits per heavy atom. The molecule has 4 nitrogen and oxygen atoms in total. The van der Waals surface area contributed by atoms with E-state index < -0.39 is 0 Å². The molecule has 0 saturated heterocycles. The maximum atomic E-state index is 12.2. The Labute approximate surface area is 151 Å². The fraction of sp³-hybridized carbons (Fsp3) is 0.619. The van der Waals surface area contributed by atoms with Crippen LogP contribution in [0.3, 0.4) is 0 Å². The minimum Gasteiger partial charge on any atom is -0.493 e. The summed E-state index contributed by atoms with van der Waals surface area (Å²) in [5, 5.41) is 0. The minimum atomic E-state index is 0.194. The zero-order chi connectivity index (χ0) is 18.1. The monoisotopic (exact) mass is 345 g/mol. The average molecular weight is 345 g/mol. The Kier molecular flexibility index (Phi) is 7.96. The molecule has 0 radical (unpaired) electrons. The molecule has 4 heteroatoms. The minimum absolute atomic E-state index is 0.194. The topological polar surface area (TPSA) is 47.9 Å². The van der Waals surface area contributed by atoms with Crippen LogP contribution >= 0.6 is 0 Å². The molecule has 1 aromatic rings. The van der Waals surface area contributed by atoms with Crippen molar-refractivity contribution in [3.05, 3.63) is 23.8 Å². The highest BCUT2D eigenvalue weighted by atomic mass is 16.5. The number of unbranched alkanes of at least 4 members (excludes halogenated alkanes) is 4. The van der Waals surface area contributed by atoms with Gasteiger partial charge in [-0.2, -0.15) is 0 Å². The second-order valence-electron chi connectivity index (χ2n) is 6.80. The van der Waals surface area contributed by atoms with E-state index in [0.29, 0.717) is 24.3 Å². The maximum absolute atomic E-state index is 12.2. The second kappa shape index (κ2) is 10.2. The number of methoxy groups -OCH3 is 2. The number of aliphatic imine (C=N–C) groups is 1. The normalized spacial score (nSPS) is 19.2. The first-order valence-electron chi connectivity index (χ1n) is 9.43. The predicted octanol–water partition coefficient (Wildman–Crippen LogP) is 4.95. The molecule has 138 valence electrons. The van der Waals surface area contributed by atoms with Gasteiger partial charge in [-0.1, -0.05) is 38.7 Å². The largest absolute Gasteiger partial charge is 0.493 e. The molecule has 0 N–H and O–H groups in total. The molecule has 0 amide bonds. The molecule has 1 aromatic carbocycles. The fourth-order valence-electron chi connectivity index (χ4n) is 3.42. The van der Waals surface area contributed by atoms with Gasteiger partial charge in [0.25, 0.3) is 0 Å². The summed E-state index contributed by atoms with van der Waals surface area (Å²) < 4.78 is 10.7. The molecule has 1 atom stereocenters. The smallest absolute Gasteiger partial charge is 0.160 e. The van der Waals surface area contributed by atoms with Crippen molar-refractivity contribution in [2.24, 2.45) is 4.99 Å². The number of hydrogen-bond donors (Lipinski definition) is 0. The standard InChI is InChI=1S/C21H31NO3/c1-4-5-6-7-8-11-22-18-12-17(13-19(23)15-18)16-9-10-20(24-2)21(14-16)25-3/h9-10,14,17H,4-8,11-13,15H2,1-3H3/t17-/m0/s1. The molecule has 1 aliphatic carbocycles. The Bertz CT molecular complexity index is 595. The van der Waals surface area contributed by atoms with Gasteiger partial charge in [0.05, 0.1) is 14.2 Å². The van der Waals surface area contributed by atoms with Gasteiger partial charge in [-0.25, -0.2) is 0 Å². The van der Waals surface area contributed by atoms with Crippen molar-refractivity contribution >= 4 is 11.5 Å². The fourth-order valence-corrected chi connectivity index (χ4v) is 3.42. The van der Waals surface area contributed by atoms with Crippen LogP contribution in [0.1, 0.15) is 69.8 Å². The first-order valence-corrected chi connectivity index (χ1v) is 9.43. The Balaban J connectivity index is 1.98. The van der Waals surface area contributed by atoms with E-state index >= 15 is 0 Å². The van der Waals surface area contributed by atoms with Gasteiger partial charge in [0.2, 0.25) is 0 Å². The number of carbonyl (C=O) groups excluding carboxylic acids is 1. The summed E-state index contributed by atoms with van der Waals surface area (Å²) in [5.41, 5.74) is 2.19. The number of ether oxygens (including phenoxy) is 2. The van der Waals surface area contributed by atoms with Crippen molar-refractivity contribution in [3.63, 3.8) is 0 Å². The second-order valence-corrected chi connectivity index (χ2v) is 6.80. The van der Waals surface area contributed by atoms with Gasteiger partial charge in [-0.3, -0.25) is 9.79 Å². The van der Waals surface area contributed by atoms with Crippen molar-refractivity contribution in [3.8, 4) is 11.5 Å². The molecule has 1 saturated carbocycles. The third kappa shape index (κ3) is 5.87. The first-order chi connectivity index (χ1) is 12.2. The van der Waals surface area contributed by atoms with E-state index in [4.69, 9.17) is 14.5 Å². The SMILES string of the molecule is CCCCCCCN=C1CC(=O)C[C@@H](c2ccc(OC)c(OC)c2)C1. The number of benzene rings is 1. The lowest BCUT2D eigenvalue weighted by molar-refractivity contribution is -0.118. The van der Waals surface area contributed by atoms with Crippen LogP contribution in [0.5, 0.6) is 11.5 Å². The maximum Gasteiger partial charge on any atom is 0.160 e. The van der Waals surface area contributed by atoms with Gasteiger partial charge < -0.3 is 9.47 Å². The predicted molar refractivity (Wildman–Crippen MR) is 102 cm³/mol. The lowest BCUT2D eigenvalue weighted by Gasteiger charge is -2.24. The number of nitrogens with zero attached hydrogens (tertiary/aromatic N) is 1. The average Bonchev–Trinajstić information content (AvgIpc) is 2.63. The van der Waals surface area contributed by atoms with E-state index in [1.54, 1.807) is 14.2 Å². The number of rotatable bonds is 9. The van der Waals surface area contributed by atoms with Crippen LogP contribution in [0.4, 0.5) is 0 Å². The number of ketones is 1. The highest BCUT2D eigenvalue weighted by Crippen LogP contribution is 2.35. The number of carbonyl (C=O) groups is 1. The van der Waals surface area contributed by atoms with Crippen LogP contribution in [0.25, 0.3) is 0 Å². The van der Waals surface area contributed by atoms with Crippen LogP contribution in [0.2, 0.25) is 0 Å². The molecule has 2 rings (SSSR count). The zero-order valence-corrected chi connectivity index (χ0v) is 15.8. The van der Waals surface area contributed by atoms with E-state index in [0.717, 1.165) is 30.7 Å². The first kappa shape index (κ1) is 19.5. The van der Waals surface area contributed by atoms with Gasteiger partial charge in [0, 0.05) is 25.1 Å². The van der Waals surface area contributed by atoms with Crippen molar-refractivity contribution < 1.29 is 14.3 Å². The molecule has 1 fully saturated rings. The summed E-state index contributed by atoms with van der Waals surface area (Å²) in [6.45, 7) is 3.08. The van der Waals surface area contributed by atoms with E-state index in [-0.39, 0.29) is 11.7 Å². The molecule has 25 heavy (non-hydrogen) atoms. The molecule has 1 aliphatic rings. The van der Waals surface area contributed by atoms with E-state index in [2.05, 4.69) is 6.92 Å². The van der Waals surface area contributed by atoms with Crippen molar-refractivity contribution in [1.82, 2.24) is 0 Å². The summed E-state index contributed by atoms with van der Waals surface area (Å²) in [7, 11) is 3.27. The van der Waals surface area contributed by atoms with Crippen LogP contribution < -0.4 is 9.47 Å². The lowest BCUT2D eigenvalue weighted by atomic mass is 9.82. The molecular formula is C21H31NO3. The summed E-state index contributed by atoms with van der Waals surface area (Å²) in [6, 6.07) is 5.94. The van der Waals surface area contributed by atoms with E-state index in [1.165, 1.54) is 25.7 Å². The van der Waals surface area contributed by atoms with Crippen LogP contribution in [0, 0.1) is 0 Å². The van der Waals surface area contributed by atoms with Crippen molar-refractivity contribution in [1.29, 1.82) is 0 Å². The molecule has 0 heterocycles. The van der Waals surface area contributed by atoms with Crippen molar-refractivity contribution in [2.45, 2.75) is 64.2 Å². The molecule has 0 bridgehead atoms. The molecule has 0 aliphatic heterocycles. The Morgan fingerprint density at radius 1 is 1.04 bits per heavy atom. The molecule has 0 spiro atoms. The van der Waals surface area contributed by atoms with Crippen LogP contribution in [0.15, 0.2) is 23.2 Å². The zero-order valence-electron chi connectivity index (χ0n) is 15.8. The quantitative estimate of drug-likeness (QED) is 0.595. The number of Topliss-reactive ketones (excluding diaryl/α,β-unsaturated/α-hetero) is 1. The van der Waals surface area contributed by atoms with E-state index in [1.807, 2.05) is 18.2 Å². The molecule has 0 unspecified atom stereocenters. The van der Waals surface area contributed by atoms with Gasteiger partial charge >= 0.3 is 0 Å². The third-order valence-electron chi connectivity index (χ3n) is 4.83. The lowest BCUT2D eigenvalue weighted by Crippen LogP contribution is -2.22. The van der Waals surface area contributed by atoms with Crippen LogP contribution in [-0.4, -0.2) is 32.3 Å². The third-order valence-corrected chi connectivity index (χ3v) is 4.83. The summed E-state index contributed by atoms with van der Waals surface area (Å²) in [5.74, 6) is 1.91. The Hall–Kier alpha value is -1.84. The van der Waals surface area contributed by atoms with Gasteiger partial charge in [0.15, 0.2) is 11.5 Å². The molecule has 0 aromatic heterocycles. The highest BCUT2D eigenvalue weighted by Gasteiger charge is 2.26. The summed E-state index contributed by atoms with van der Waals surface area (Å²) >= 11 is 0. The van der Waals surface area contributed by atoms with Gasteiger partial charge in [-0.15, -0.1) is 0 Å². The van der Waals surface area contributed by atoms with Gasteiger partial charge in [0.1, 0.15) is 5.78 Å². The highest BCUT2D eigenvalue weighted by molar-refractivity contribution is 6.05. The number of hydrogen-bond acceptors (Lipinski definition) is 4. The van der Waals surface area contributed by atoms with Gasteiger partial charge in [-0.05, 0) is 36.5 Å². The Morgan fingerprint density at radius 2 is 1.80 bits per heavy atom.